The summed E-state index contributed by atoms with van der Waals surface area (Å²) in [5.41, 5.74) is 2.77. The molecule has 5 heteroatoms. The minimum absolute atomic E-state index is 0.370. The highest BCUT2D eigenvalue weighted by molar-refractivity contribution is 5.18. The van der Waals surface area contributed by atoms with E-state index in [0.717, 1.165) is 12.1 Å². The first-order chi connectivity index (χ1) is 6.74. The Morgan fingerprint density at radius 1 is 1.29 bits per heavy atom. The number of rotatable bonds is 5. The molecule has 0 unspecified atom stereocenters. The van der Waals surface area contributed by atoms with Crippen molar-refractivity contribution in [1.29, 1.82) is 0 Å². The zero-order valence-electron chi connectivity index (χ0n) is 7.69. The smallest absolute Gasteiger partial charge is 0.126 e. The highest BCUT2D eigenvalue weighted by Crippen LogP contribution is 2.09. The molecule has 1 rings (SSSR count). The van der Waals surface area contributed by atoms with Gasteiger partial charge in [0.1, 0.15) is 11.6 Å². The van der Waals surface area contributed by atoms with Gasteiger partial charge in [0.05, 0.1) is 6.67 Å². The Bertz CT molecular complexity index is 291. The van der Waals surface area contributed by atoms with E-state index in [2.05, 4.69) is 10.7 Å². The minimum Gasteiger partial charge on any atom is -0.303 e. The van der Waals surface area contributed by atoms with E-state index >= 15 is 0 Å². The second-order valence-corrected chi connectivity index (χ2v) is 2.87. The number of halogens is 2. The molecule has 0 heterocycles. The van der Waals surface area contributed by atoms with Crippen molar-refractivity contribution in [3.05, 3.63) is 35.4 Å². The number of benzene rings is 1. The van der Waals surface area contributed by atoms with Gasteiger partial charge < -0.3 is 5.32 Å². The predicted octanol–water partition coefficient (Wildman–Crippen LogP) is 0.518. The van der Waals surface area contributed by atoms with Gasteiger partial charge >= 0.3 is 0 Å². The van der Waals surface area contributed by atoms with Gasteiger partial charge in [0.25, 0.3) is 0 Å². The fraction of sp³-hybridized carbons (Fsp3) is 0.333. The van der Waals surface area contributed by atoms with Crippen LogP contribution in [0.1, 0.15) is 5.56 Å². The SMILES string of the molecule is NNCNCCc1cc(F)ccc1F. The maximum absolute atomic E-state index is 13.0. The summed E-state index contributed by atoms with van der Waals surface area (Å²) in [6, 6.07) is 3.44. The summed E-state index contributed by atoms with van der Waals surface area (Å²) in [6.45, 7) is 0.988. The predicted molar refractivity (Wildman–Crippen MR) is 50.3 cm³/mol. The average Bonchev–Trinajstić information content (AvgIpc) is 2.18. The second-order valence-electron chi connectivity index (χ2n) is 2.87. The summed E-state index contributed by atoms with van der Waals surface area (Å²) >= 11 is 0. The van der Waals surface area contributed by atoms with Crippen molar-refractivity contribution in [3.63, 3.8) is 0 Å². The van der Waals surface area contributed by atoms with Crippen molar-refractivity contribution in [2.24, 2.45) is 5.84 Å². The minimum atomic E-state index is -0.418. The Labute approximate surface area is 81.3 Å². The van der Waals surface area contributed by atoms with E-state index in [9.17, 15) is 8.78 Å². The van der Waals surface area contributed by atoms with Gasteiger partial charge in [0, 0.05) is 6.54 Å². The van der Waals surface area contributed by atoms with Crippen molar-refractivity contribution in [2.75, 3.05) is 13.2 Å². The van der Waals surface area contributed by atoms with E-state index < -0.39 is 5.82 Å². The molecule has 0 aromatic heterocycles. The van der Waals surface area contributed by atoms with Crippen LogP contribution in [0.25, 0.3) is 0 Å². The molecule has 0 bridgehead atoms. The quantitative estimate of drug-likeness (QED) is 0.282. The molecule has 0 saturated heterocycles. The first-order valence-electron chi connectivity index (χ1n) is 4.32. The summed E-state index contributed by atoms with van der Waals surface area (Å²) in [4.78, 5) is 0. The molecule has 0 amide bonds. The lowest BCUT2D eigenvalue weighted by atomic mass is 10.1. The van der Waals surface area contributed by atoms with Crippen LogP contribution in [0.4, 0.5) is 8.78 Å². The first kappa shape index (κ1) is 11.0. The third-order valence-corrected chi connectivity index (χ3v) is 1.81. The molecule has 3 nitrogen and oxygen atoms in total. The molecule has 78 valence electrons. The number of hydrogen-bond donors (Lipinski definition) is 3. The maximum Gasteiger partial charge on any atom is 0.126 e. The van der Waals surface area contributed by atoms with Crippen LogP contribution >= 0.6 is 0 Å². The van der Waals surface area contributed by atoms with Crippen molar-refractivity contribution in [1.82, 2.24) is 10.7 Å². The summed E-state index contributed by atoms with van der Waals surface area (Å²) in [6.07, 6.45) is 0.436. The molecular weight excluding hydrogens is 188 g/mol. The lowest BCUT2D eigenvalue weighted by molar-refractivity contribution is 0.565. The van der Waals surface area contributed by atoms with Crippen molar-refractivity contribution < 1.29 is 8.78 Å². The van der Waals surface area contributed by atoms with Gasteiger partial charge in [-0.3, -0.25) is 5.84 Å². The summed E-state index contributed by atoms with van der Waals surface area (Å²) in [5, 5.41) is 2.90. The number of hydrogen-bond acceptors (Lipinski definition) is 3. The third kappa shape index (κ3) is 3.37. The molecule has 0 saturated carbocycles. The van der Waals surface area contributed by atoms with Gasteiger partial charge in [-0.05, 0) is 30.2 Å². The molecule has 0 radical (unpaired) electrons. The van der Waals surface area contributed by atoms with E-state index in [4.69, 9.17) is 5.84 Å². The Hall–Kier alpha value is -1.04. The van der Waals surface area contributed by atoms with Crippen LogP contribution < -0.4 is 16.6 Å². The fourth-order valence-electron chi connectivity index (χ4n) is 1.12. The highest BCUT2D eigenvalue weighted by atomic mass is 19.1. The molecule has 14 heavy (non-hydrogen) atoms. The lowest BCUT2D eigenvalue weighted by Crippen LogP contribution is -2.34. The second kappa shape index (κ2) is 5.64. The average molecular weight is 201 g/mol. The Morgan fingerprint density at radius 3 is 2.79 bits per heavy atom. The Balaban J connectivity index is 2.45. The van der Waals surface area contributed by atoms with Gasteiger partial charge in [-0.25, -0.2) is 14.2 Å². The van der Waals surface area contributed by atoms with Crippen LogP contribution in [0.2, 0.25) is 0 Å². The zero-order chi connectivity index (χ0) is 10.4. The summed E-state index contributed by atoms with van der Waals surface area (Å²) in [5.74, 6) is 4.22. The summed E-state index contributed by atoms with van der Waals surface area (Å²) in [7, 11) is 0. The third-order valence-electron chi connectivity index (χ3n) is 1.81. The van der Waals surface area contributed by atoms with Gasteiger partial charge in [-0.2, -0.15) is 0 Å². The maximum atomic E-state index is 13.0. The molecule has 0 aliphatic heterocycles. The van der Waals surface area contributed by atoms with E-state index in [0.29, 0.717) is 25.2 Å². The lowest BCUT2D eigenvalue weighted by Gasteiger charge is -2.04. The normalized spacial score (nSPS) is 10.5. The fourth-order valence-corrected chi connectivity index (χ4v) is 1.12. The molecule has 0 fully saturated rings. The standard InChI is InChI=1S/C9H13F2N3/c10-8-1-2-9(11)7(5-8)3-4-13-6-14-12/h1-2,5,13-14H,3-4,6,12H2. The largest absolute Gasteiger partial charge is 0.303 e. The molecule has 1 aromatic carbocycles. The van der Waals surface area contributed by atoms with Crippen LogP contribution in [0.3, 0.4) is 0 Å². The summed E-state index contributed by atoms with van der Waals surface area (Å²) < 4.78 is 25.7. The molecular formula is C9H13F2N3. The van der Waals surface area contributed by atoms with E-state index in [1.54, 1.807) is 0 Å². The van der Waals surface area contributed by atoms with Gasteiger partial charge in [-0.15, -0.1) is 0 Å². The molecule has 4 N–H and O–H groups in total. The number of nitrogens with two attached hydrogens (primary N) is 1. The van der Waals surface area contributed by atoms with E-state index in [1.165, 1.54) is 6.07 Å². The Kier molecular flexibility index (Phi) is 4.45. The Morgan fingerprint density at radius 2 is 2.07 bits per heavy atom. The van der Waals surface area contributed by atoms with E-state index in [-0.39, 0.29) is 5.82 Å². The molecule has 0 atom stereocenters. The zero-order valence-corrected chi connectivity index (χ0v) is 7.69. The molecule has 0 spiro atoms. The number of hydrazine groups is 1. The van der Waals surface area contributed by atoms with Crippen LogP contribution in [0.5, 0.6) is 0 Å². The molecule has 0 aliphatic carbocycles. The van der Waals surface area contributed by atoms with Gasteiger partial charge in [0.2, 0.25) is 0 Å². The molecule has 1 aromatic rings. The highest BCUT2D eigenvalue weighted by Gasteiger charge is 2.02. The van der Waals surface area contributed by atoms with Crippen LogP contribution in [0.15, 0.2) is 18.2 Å². The van der Waals surface area contributed by atoms with Crippen molar-refractivity contribution in [3.8, 4) is 0 Å². The van der Waals surface area contributed by atoms with Crippen LogP contribution in [-0.2, 0) is 6.42 Å². The molecule has 0 aliphatic rings. The number of nitrogens with one attached hydrogen (secondary N) is 2. The van der Waals surface area contributed by atoms with Crippen molar-refractivity contribution >= 4 is 0 Å². The van der Waals surface area contributed by atoms with E-state index in [1.807, 2.05) is 0 Å². The topological polar surface area (TPSA) is 50.1 Å². The van der Waals surface area contributed by atoms with Crippen LogP contribution in [0, 0.1) is 11.6 Å². The van der Waals surface area contributed by atoms with Crippen LogP contribution in [-0.4, -0.2) is 13.2 Å². The monoisotopic (exact) mass is 201 g/mol. The first-order valence-corrected chi connectivity index (χ1v) is 4.32. The van der Waals surface area contributed by atoms with Gasteiger partial charge in [0.15, 0.2) is 0 Å². The van der Waals surface area contributed by atoms with Crippen molar-refractivity contribution in [2.45, 2.75) is 6.42 Å². The van der Waals surface area contributed by atoms with Gasteiger partial charge in [-0.1, -0.05) is 0 Å².